The molecule has 3 aromatic heterocycles. The van der Waals surface area contributed by atoms with Crippen molar-refractivity contribution in [2.75, 3.05) is 5.32 Å². The van der Waals surface area contributed by atoms with Crippen LogP contribution in [0.2, 0.25) is 0 Å². The van der Waals surface area contributed by atoms with Crippen molar-refractivity contribution in [2.45, 2.75) is 26.8 Å². The van der Waals surface area contributed by atoms with Crippen LogP contribution in [0.15, 0.2) is 53.2 Å². The summed E-state index contributed by atoms with van der Waals surface area (Å²) in [5, 5.41) is 12.4. The summed E-state index contributed by atoms with van der Waals surface area (Å²) in [5.41, 5.74) is 4.38. The molecular formula is C20H19N5OS. The molecule has 0 saturated heterocycles. The van der Waals surface area contributed by atoms with Gasteiger partial charge in [-0.3, -0.25) is 4.98 Å². The fraction of sp³-hybridized carbons (Fsp3) is 0.200. The predicted molar refractivity (Wildman–Crippen MR) is 106 cm³/mol. The molecule has 6 nitrogen and oxygen atoms in total. The van der Waals surface area contributed by atoms with E-state index >= 15 is 0 Å². The van der Waals surface area contributed by atoms with Gasteiger partial charge in [-0.05, 0) is 25.5 Å². The third kappa shape index (κ3) is 4.20. The monoisotopic (exact) mass is 377 g/mol. The van der Waals surface area contributed by atoms with E-state index in [2.05, 4.69) is 51.7 Å². The molecule has 7 heteroatoms. The Balaban J connectivity index is 1.48. The van der Waals surface area contributed by atoms with Crippen LogP contribution in [0.25, 0.3) is 11.3 Å². The summed E-state index contributed by atoms with van der Waals surface area (Å²) in [6, 6.07) is 12.7. The summed E-state index contributed by atoms with van der Waals surface area (Å²) in [4.78, 5) is 9.91. The van der Waals surface area contributed by atoms with Crippen molar-refractivity contribution in [3.63, 3.8) is 0 Å². The molecule has 0 saturated carbocycles. The van der Waals surface area contributed by atoms with Crippen LogP contribution in [0.4, 0.5) is 6.01 Å². The van der Waals surface area contributed by atoms with E-state index in [-0.39, 0.29) is 0 Å². The molecule has 3 heterocycles. The first kappa shape index (κ1) is 17.4. The van der Waals surface area contributed by atoms with Gasteiger partial charge < -0.3 is 9.73 Å². The van der Waals surface area contributed by atoms with Gasteiger partial charge in [0.2, 0.25) is 5.89 Å². The van der Waals surface area contributed by atoms with Crippen LogP contribution in [-0.4, -0.2) is 20.2 Å². The molecule has 1 N–H and O–H groups in total. The van der Waals surface area contributed by atoms with E-state index in [4.69, 9.17) is 9.40 Å². The van der Waals surface area contributed by atoms with Gasteiger partial charge in [0, 0.05) is 29.4 Å². The average molecular weight is 377 g/mol. The van der Waals surface area contributed by atoms with Crippen LogP contribution in [0.5, 0.6) is 0 Å². The van der Waals surface area contributed by atoms with E-state index in [1.165, 1.54) is 5.56 Å². The number of hydrogen-bond donors (Lipinski definition) is 1. The number of nitrogens with one attached hydrogen (secondary N) is 1. The second-order valence-corrected chi connectivity index (χ2v) is 7.55. The third-order valence-corrected chi connectivity index (χ3v) is 5.05. The lowest BCUT2D eigenvalue weighted by Gasteiger charge is -2.02. The normalized spacial score (nSPS) is 10.9. The number of rotatable bonds is 6. The zero-order valence-electron chi connectivity index (χ0n) is 15.1. The first-order valence-electron chi connectivity index (χ1n) is 8.66. The van der Waals surface area contributed by atoms with Gasteiger partial charge >= 0.3 is 6.01 Å². The maximum atomic E-state index is 5.75. The highest BCUT2D eigenvalue weighted by molar-refractivity contribution is 7.12. The standard InChI is InChI=1S/C20H19N5OS/c1-13-5-7-16(8-6-13)19-17(27-14(2)23-19)10-18-24-25-20(26-18)22-12-15-4-3-9-21-11-15/h3-9,11H,10,12H2,1-2H3,(H,22,25). The Hall–Kier alpha value is -3.06. The number of aryl methyl sites for hydroxylation is 2. The average Bonchev–Trinajstić information content (AvgIpc) is 3.28. The summed E-state index contributed by atoms with van der Waals surface area (Å²) in [7, 11) is 0. The highest BCUT2D eigenvalue weighted by Gasteiger charge is 2.15. The Morgan fingerprint density at radius 3 is 2.70 bits per heavy atom. The van der Waals surface area contributed by atoms with E-state index < -0.39 is 0 Å². The molecular weight excluding hydrogens is 358 g/mol. The first-order valence-corrected chi connectivity index (χ1v) is 9.47. The Morgan fingerprint density at radius 1 is 1.07 bits per heavy atom. The van der Waals surface area contributed by atoms with Gasteiger partial charge in [-0.2, -0.15) is 0 Å². The minimum Gasteiger partial charge on any atom is -0.408 e. The van der Waals surface area contributed by atoms with Crippen molar-refractivity contribution >= 4 is 17.4 Å². The Kier molecular flexibility index (Phi) is 4.93. The summed E-state index contributed by atoms with van der Waals surface area (Å²) < 4.78 is 5.75. The molecule has 0 radical (unpaired) electrons. The van der Waals surface area contributed by atoms with Crippen molar-refractivity contribution < 1.29 is 4.42 Å². The minimum atomic E-state index is 0.409. The predicted octanol–water partition coefficient (Wildman–Crippen LogP) is 4.41. The van der Waals surface area contributed by atoms with E-state index in [1.54, 1.807) is 23.7 Å². The number of benzene rings is 1. The smallest absolute Gasteiger partial charge is 0.315 e. The molecule has 0 aliphatic rings. The van der Waals surface area contributed by atoms with E-state index in [0.717, 1.165) is 26.7 Å². The van der Waals surface area contributed by atoms with Gasteiger partial charge in [-0.1, -0.05) is 41.0 Å². The van der Waals surface area contributed by atoms with Gasteiger partial charge in [0.25, 0.3) is 0 Å². The molecule has 0 fully saturated rings. The molecule has 0 aliphatic heterocycles. The zero-order chi connectivity index (χ0) is 18.6. The lowest BCUT2D eigenvalue weighted by molar-refractivity contribution is 0.517. The molecule has 0 aliphatic carbocycles. The van der Waals surface area contributed by atoms with Crippen LogP contribution >= 0.6 is 11.3 Å². The second-order valence-electron chi connectivity index (χ2n) is 6.26. The molecule has 0 amide bonds. The second kappa shape index (κ2) is 7.67. The molecule has 4 aromatic rings. The summed E-state index contributed by atoms with van der Waals surface area (Å²) in [5.74, 6) is 0.570. The molecule has 0 spiro atoms. The van der Waals surface area contributed by atoms with Crippen molar-refractivity contribution in [3.8, 4) is 11.3 Å². The van der Waals surface area contributed by atoms with Crippen LogP contribution in [-0.2, 0) is 13.0 Å². The van der Waals surface area contributed by atoms with Crippen LogP contribution in [0, 0.1) is 13.8 Å². The molecule has 27 heavy (non-hydrogen) atoms. The molecule has 4 rings (SSSR count). The van der Waals surface area contributed by atoms with Crippen molar-refractivity contribution in [3.05, 3.63) is 75.7 Å². The number of thiazole rings is 1. The van der Waals surface area contributed by atoms with Crippen LogP contribution in [0.3, 0.4) is 0 Å². The maximum Gasteiger partial charge on any atom is 0.315 e. The van der Waals surface area contributed by atoms with E-state index in [1.807, 2.05) is 19.1 Å². The van der Waals surface area contributed by atoms with Gasteiger partial charge in [0.1, 0.15) is 0 Å². The molecule has 0 unspecified atom stereocenters. The van der Waals surface area contributed by atoms with E-state index in [0.29, 0.717) is 24.9 Å². The van der Waals surface area contributed by atoms with Gasteiger partial charge in [0.15, 0.2) is 0 Å². The topological polar surface area (TPSA) is 76.7 Å². The Bertz CT molecular complexity index is 1020. The fourth-order valence-corrected chi connectivity index (χ4v) is 3.69. The van der Waals surface area contributed by atoms with Crippen molar-refractivity contribution in [1.29, 1.82) is 0 Å². The quantitative estimate of drug-likeness (QED) is 0.536. The van der Waals surface area contributed by atoms with E-state index in [9.17, 15) is 0 Å². The van der Waals surface area contributed by atoms with Crippen molar-refractivity contribution in [1.82, 2.24) is 20.2 Å². The zero-order valence-corrected chi connectivity index (χ0v) is 16.0. The lowest BCUT2D eigenvalue weighted by Crippen LogP contribution is -1.99. The molecule has 0 atom stereocenters. The number of hydrogen-bond acceptors (Lipinski definition) is 7. The summed E-state index contributed by atoms with van der Waals surface area (Å²) >= 11 is 1.66. The third-order valence-electron chi connectivity index (χ3n) is 4.07. The molecule has 0 bridgehead atoms. The first-order chi connectivity index (χ1) is 13.2. The molecule has 136 valence electrons. The lowest BCUT2D eigenvalue weighted by atomic mass is 10.1. The fourth-order valence-electron chi connectivity index (χ4n) is 2.74. The number of nitrogens with zero attached hydrogens (tertiary/aromatic N) is 4. The van der Waals surface area contributed by atoms with Crippen LogP contribution in [0.1, 0.15) is 26.9 Å². The van der Waals surface area contributed by atoms with Gasteiger partial charge in [-0.25, -0.2) is 4.98 Å². The SMILES string of the molecule is Cc1ccc(-c2nc(C)sc2Cc2nnc(NCc3cccnc3)o2)cc1. The van der Waals surface area contributed by atoms with Gasteiger partial charge in [0.05, 0.1) is 17.1 Å². The number of anilines is 1. The minimum absolute atomic E-state index is 0.409. The van der Waals surface area contributed by atoms with Gasteiger partial charge in [-0.15, -0.1) is 16.4 Å². The number of aromatic nitrogens is 4. The Labute approximate surface area is 161 Å². The maximum absolute atomic E-state index is 5.75. The Morgan fingerprint density at radius 2 is 1.93 bits per heavy atom. The van der Waals surface area contributed by atoms with Crippen LogP contribution < -0.4 is 5.32 Å². The molecule has 1 aromatic carbocycles. The highest BCUT2D eigenvalue weighted by atomic mass is 32.1. The largest absolute Gasteiger partial charge is 0.408 e. The summed E-state index contributed by atoms with van der Waals surface area (Å²) in [6.45, 7) is 4.68. The number of pyridine rings is 1. The highest BCUT2D eigenvalue weighted by Crippen LogP contribution is 2.30. The summed E-state index contributed by atoms with van der Waals surface area (Å²) in [6.07, 6.45) is 4.12. The van der Waals surface area contributed by atoms with Crippen molar-refractivity contribution in [2.24, 2.45) is 0 Å².